The highest BCUT2D eigenvalue weighted by molar-refractivity contribution is 9.11. The van der Waals surface area contributed by atoms with Crippen LogP contribution in [-0.2, 0) is 6.42 Å². The lowest BCUT2D eigenvalue weighted by Crippen LogP contribution is -2.07. The molecule has 0 bridgehead atoms. The van der Waals surface area contributed by atoms with Crippen LogP contribution in [0.5, 0.6) is 0 Å². The van der Waals surface area contributed by atoms with Crippen LogP contribution in [0.25, 0.3) is 0 Å². The molecule has 0 saturated heterocycles. The van der Waals surface area contributed by atoms with Crippen molar-refractivity contribution in [1.29, 1.82) is 0 Å². The van der Waals surface area contributed by atoms with Crippen molar-refractivity contribution in [1.82, 2.24) is 4.98 Å². The normalized spacial score (nSPS) is 10.5. The number of carbonyl (C=O) groups excluding carboxylic acids is 1. The van der Waals surface area contributed by atoms with E-state index in [9.17, 15) is 4.79 Å². The summed E-state index contributed by atoms with van der Waals surface area (Å²) in [5, 5.41) is 0.913. The number of Topliss-reactive ketones (excluding diaryl/α,β-unsaturated/α-hetero) is 1. The molecule has 2 rings (SSSR count). The number of ketones is 1. The highest BCUT2D eigenvalue weighted by Gasteiger charge is 2.13. The summed E-state index contributed by atoms with van der Waals surface area (Å²) in [6, 6.07) is 6.93. The average molecular weight is 424 g/mol. The van der Waals surface area contributed by atoms with E-state index in [4.69, 9.17) is 23.2 Å². The van der Waals surface area contributed by atoms with Gasteiger partial charge in [-0.1, -0.05) is 29.3 Å². The monoisotopic (exact) mass is 421 g/mol. The smallest absolute Gasteiger partial charge is 0.186 e. The summed E-state index contributed by atoms with van der Waals surface area (Å²) in [6.07, 6.45) is 1.82. The van der Waals surface area contributed by atoms with Crippen molar-refractivity contribution in [3.63, 3.8) is 0 Å². The number of hydrogen-bond donors (Lipinski definition) is 0. The van der Waals surface area contributed by atoms with Gasteiger partial charge in [0.1, 0.15) is 5.69 Å². The highest BCUT2D eigenvalue weighted by Crippen LogP contribution is 2.24. The van der Waals surface area contributed by atoms with Crippen LogP contribution in [0.3, 0.4) is 0 Å². The third-order valence-corrected chi connectivity index (χ3v) is 4.20. The van der Waals surface area contributed by atoms with Gasteiger partial charge in [0.25, 0.3) is 0 Å². The fraction of sp³-hybridized carbons (Fsp3) is 0.0769. The minimum absolute atomic E-state index is 0.0854. The van der Waals surface area contributed by atoms with Crippen molar-refractivity contribution in [2.45, 2.75) is 6.42 Å². The summed E-state index contributed by atoms with van der Waals surface area (Å²) in [6.45, 7) is 0. The van der Waals surface area contributed by atoms with E-state index in [0.717, 1.165) is 10.0 Å². The molecular weight excluding hydrogens is 417 g/mol. The Kier molecular flexibility index (Phi) is 5.01. The van der Waals surface area contributed by atoms with Gasteiger partial charge >= 0.3 is 0 Å². The lowest BCUT2D eigenvalue weighted by atomic mass is 10.1. The molecule has 6 heteroatoms. The number of hydrogen-bond acceptors (Lipinski definition) is 2. The van der Waals surface area contributed by atoms with Crippen LogP contribution in [0.15, 0.2) is 39.4 Å². The Balaban J connectivity index is 2.23. The molecule has 0 amide bonds. The van der Waals surface area contributed by atoms with Gasteiger partial charge in [0, 0.05) is 21.6 Å². The fourth-order valence-corrected chi connectivity index (χ4v) is 3.07. The molecule has 2 aromatic rings. The first-order valence-electron chi connectivity index (χ1n) is 5.25. The number of carbonyl (C=O) groups is 1. The van der Waals surface area contributed by atoms with Gasteiger partial charge in [0.15, 0.2) is 5.78 Å². The Bertz CT molecular complexity index is 647. The molecule has 98 valence electrons. The third kappa shape index (κ3) is 3.78. The van der Waals surface area contributed by atoms with Crippen molar-refractivity contribution in [2.75, 3.05) is 0 Å². The zero-order chi connectivity index (χ0) is 14.0. The lowest BCUT2D eigenvalue weighted by Gasteiger charge is -2.05. The van der Waals surface area contributed by atoms with Crippen LogP contribution in [0, 0.1) is 0 Å². The first kappa shape index (κ1) is 15.0. The molecule has 0 saturated carbocycles. The maximum atomic E-state index is 12.2. The molecule has 2 nitrogen and oxygen atoms in total. The van der Waals surface area contributed by atoms with Gasteiger partial charge in [0.05, 0.1) is 10.0 Å². The average Bonchev–Trinajstić information content (AvgIpc) is 2.33. The van der Waals surface area contributed by atoms with E-state index in [2.05, 4.69) is 36.8 Å². The Morgan fingerprint density at radius 3 is 2.53 bits per heavy atom. The van der Waals surface area contributed by atoms with E-state index in [1.807, 2.05) is 0 Å². The van der Waals surface area contributed by atoms with E-state index in [1.165, 1.54) is 0 Å². The number of benzene rings is 1. The summed E-state index contributed by atoms with van der Waals surface area (Å²) in [5.74, 6) is -0.0854. The van der Waals surface area contributed by atoms with Crippen LogP contribution in [0.2, 0.25) is 10.0 Å². The van der Waals surface area contributed by atoms with E-state index < -0.39 is 0 Å². The van der Waals surface area contributed by atoms with Gasteiger partial charge in [-0.3, -0.25) is 9.78 Å². The summed E-state index contributed by atoms with van der Waals surface area (Å²) in [4.78, 5) is 16.3. The predicted molar refractivity (Wildman–Crippen MR) is 84.1 cm³/mol. The number of aromatic nitrogens is 1. The van der Waals surface area contributed by atoms with Crippen LogP contribution in [0.1, 0.15) is 16.1 Å². The number of nitrogens with zero attached hydrogens (tertiary/aromatic N) is 1. The second-order valence-electron chi connectivity index (χ2n) is 3.83. The first-order chi connectivity index (χ1) is 8.97. The molecule has 19 heavy (non-hydrogen) atoms. The van der Waals surface area contributed by atoms with Gasteiger partial charge in [-0.05, 0) is 55.6 Å². The lowest BCUT2D eigenvalue weighted by molar-refractivity contribution is 0.0987. The molecule has 0 radical (unpaired) electrons. The first-order valence-corrected chi connectivity index (χ1v) is 7.59. The second kappa shape index (κ2) is 6.35. The molecule has 0 fully saturated rings. The summed E-state index contributed by atoms with van der Waals surface area (Å²) < 4.78 is 1.47. The summed E-state index contributed by atoms with van der Waals surface area (Å²) >= 11 is 18.4. The summed E-state index contributed by atoms with van der Waals surface area (Å²) in [5.41, 5.74) is 1.20. The van der Waals surface area contributed by atoms with Crippen LogP contribution in [-0.4, -0.2) is 10.8 Å². The van der Waals surface area contributed by atoms with Crippen molar-refractivity contribution in [2.24, 2.45) is 0 Å². The van der Waals surface area contributed by atoms with Crippen molar-refractivity contribution in [3.8, 4) is 0 Å². The zero-order valence-corrected chi connectivity index (χ0v) is 14.1. The zero-order valence-electron chi connectivity index (χ0n) is 9.46. The molecule has 1 aromatic carbocycles. The largest absolute Gasteiger partial charge is 0.292 e. The number of pyridine rings is 1. The Labute approximate surface area is 137 Å². The maximum absolute atomic E-state index is 12.2. The van der Waals surface area contributed by atoms with Gasteiger partial charge < -0.3 is 0 Å². The molecule has 1 aromatic heterocycles. The summed E-state index contributed by atoms with van der Waals surface area (Å²) in [7, 11) is 0. The molecule has 0 spiro atoms. The minimum atomic E-state index is -0.0854. The molecule has 1 heterocycles. The Hall–Kier alpha value is -0.420. The van der Waals surface area contributed by atoms with Crippen LogP contribution in [0.4, 0.5) is 0 Å². The quantitative estimate of drug-likeness (QED) is 0.624. The Morgan fingerprint density at radius 1 is 1.16 bits per heavy atom. The molecule has 0 N–H and O–H groups in total. The van der Waals surface area contributed by atoms with E-state index in [1.54, 1.807) is 30.5 Å². The van der Waals surface area contributed by atoms with Gasteiger partial charge in [-0.25, -0.2) is 0 Å². The SMILES string of the molecule is O=C(Cc1ccc(Cl)c(Cl)c1)c1ncc(Br)cc1Br. The van der Waals surface area contributed by atoms with E-state index in [0.29, 0.717) is 20.2 Å². The van der Waals surface area contributed by atoms with Crippen molar-refractivity contribution < 1.29 is 4.79 Å². The molecule has 0 atom stereocenters. The topological polar surface area (TPSA) is 30.0 Å². The Morgan fingerprint density at radius 2 is 1.89 bits per heavy atom. The van der Waals surface area contributed by atoms with Gasteiger partial charge in [-0.15, -0.1) is 0 Å². The number of halogens is 4. The van der Waals surface area contributed by atoms with E-state index in [-0.39, 0.29) is 12.2 Å². The van der Waals surface area contributed by atoms with E-state index >= 15 is 0 Å². The fourth-order valence-electron chi connectivity index (χ4n) is 1.54. The van der Waals surface area contributed by atoms with Gasteiger partial charge in [-0.2, -0.15) is 0 Å². The molecule has 0 unspecified atom stereocenters. The second-order valence-corrected chi connectivity index (χ2v) is 6.42. The molecule has 0 aliphatic rings. The minimum Gasteiger partial charge on any atom is -0.292 e. The standard InChI is InChI=1S/C13H7Br2Cl2NO/c14-8-5-9(15)13(18-6-8)12(19)4-7-1-2-10(16)11(17)3-7/h1-3,5-6H,4H2. The molecule has 0 aliphatic heterocycles. The highest BCUT2D eigenvalue weighted by atomic mass is 79.9. The third-order valence-electron chi connectivity index (χ3n) is 2.42. The molecule has 0 aliphatic carbocycles. The van der Waals surface area contributed by atoms with Gasteiger partial charge in [0.2, 0.25) is 0 Å². The van der Waals surface area contributed by atoms with Crippen molar-refractivity contribution >= 4 is 60.8 Å². The predicted octanol–water partition coefficient (Wildman–Crippen LogP) is 5.34. The number of rotatable bonds is 3. The maximum Gasteiger partial charge on any atom is 0.186 e. The van der Waals surface area contributed by atoms with Crippen LogP contribution < -0.4 is 0 Å². The van der Waals surface area contributed by atoms with Crippen molar-refractivity contribution in [3.05, 3.63) is 60.7 Å². The van der Waals surface area contributed by atoms with Crippen LogP contribution >= 0.6 is 55.1 Å². The molecular formula is C13H7Br2Cl2NO.